The van der Waals surface area contributed by atoms with Crippen molar-refractivity contribution in [3.05, 3.63) is 77.9 Å². The number of carbonyl (C=O) groups is 2. The number of nitrogens with one attached hydrogen (secondary N) is 2. The lowest BCUT2D eigenvalue weighted by Gasteiger charge is -2.16. The number of hydrogen-bond acceptors (Lipinski definition) is 5. The minimum atomic E-state index is -4.50. The number of allylic oxidation sites excluding steroid dienone is 5. The van der Waals surface area contributed by atoms with Crippen LogP contribution in [0, 0.1) is 5.92 Å². The number of hydrogen-bond donors (Lipinski definition) is 3. The molecule has 2 aromatic heterocycles. The molecule has 0 saturated carbocycles. The summed E-state index contributed by atoms with van der Waals surface area (Å²) in [7, 11) is 0. The van der Waals surface area contributed by atoms with Gasteiger partial charge in [-0.3, -0.25) is 14.0 Å². The molecular formula is C21H20F3N5O2S. The summed E-state index contributed by atoms with van der Waals surface area (Å²) in [5.41, 5.74) is 5.42. The van der Waals surface area contributed by atoms with Gasteiger partial charge in [0.1, 0.15) is 16.9 Å². The Kier molecular flexibility index (Phi) is 6.98. The van der Waals surface area contributed by atoms with Crippen LogP contribution in [0.5, 0.6) is 0 Å². The molecule has 11 heteroatoms. The van der Waals surface area contributed by atoms with Crippen LogP contribution < -0.4 is 16.4 Å². The van der Waals surface area contributed by atoms with Gasteiger partial charge in [0.25, 0.3) is 5.91 Å². The number of carbonyl (C=O) groups excluding carboxylic acids is 2. The number of thiazole rings is 1. The van der Waals surface area contributed by atoms with Crippen LogP contribution in [0.4, 0.5) is 19.0 Å². The smallest absolute Gasteiger partial charge is 0.405 e. The quantitative estimate of drug-likeness (QED) is 0.428. The first-order valence-electron chi connectivity index (χ1n) is 9.45. The third kappa shape index (κ3) is 5.35. The molecule has 3 rings (SSSR count). The number of nitrogens with two attached hydrogens (primary N) is 1. The largest absolute Gasteiger partial charge is 0.432 e. The fourth-order valence-electron chi connectivity index (χ4n) is 3.05. The Bertz CT molecular complexity index is 1150. The highest BCUT2D eigenvalue weighted by Crippen LogP contribution is 2.35. The number of rotatable bonds is 7. The molecular weight excluding hydrogens is 443 g/mol. The van der Waals surface area contributed by atoms with Crippen molar-refractivity contribution in [1.82, 2.24) is 14.7 Å². The van der Waals surface area contributed by atoms with Crippen molar-refractivity contribution in [1.29, 1.82) is 0 Å². The standard InChI is InChI=1S/C21H20F3N5O2S/c1-2-3-14(8-9-25)19(31)27-15-6-4-13(5-7-15)10-17(30)28-18-20-29(12-26-18)16(11-32-20)21(22,23)24/h2-4,6-9,11-13H,1,5,10,25H2,(H,27,31)(H,28,30)/b9-8-,14-3+. The highest BCUT2D eigenvalue weighted by atomic mass is 32.1. The van der Waals surface area contributed by atoms with E-state index in [0.29, 0.717) is 17.7 Å². The molecule has 168 valence electrons. The first-order valence-corrected chi connectivity index (χ1v) is 10.3. The zero-order valence-corrected chi connectivity index (χ0v) is 17.5. The van der Waals surface area contributed by atoms with Gasteiger partial charge in [-0.05, 0) is 36.8 Å². The monoisotopic (exact) mass is 463 g/mol. The topological polar surface area (TPSA) is 102 Å². The van der Waals surface area contributed by atoms with Crippen molar-refractivity contribution in [3.63, 3.8) is 0 Å². The molecule has 4 N–H and O–H groups in total. The lowest BCUT2D eigenvalue weighted by molar-refractivity contribution is -0.141. The molecule has 1 unspecified atom stereocenters. The molecule has 1 aliphatic rings. The maximum atomic E-state index is 13.0. The number of anilines is 1. The summed E-state index contributed by atoms with van der Waals surface area (Å²) >= 11 is 0.856. The van der Waals surface area contributed by atoms with E-state index in [4.69, 9.17) is 5.73 Å². The fourth-order valence-corrected chi connectivity index (χ4v) is 3.99. The molecule has 0 aromatic carbocycles. The first-order chi connectivity index (χ1) is 15.2. The number of amides is 2. The maximum Gasteiger partial charge on any atom is 0.432 e. The predicted molar refractivity (Wildman–Crippen MR) is 116 cm³/mol. The summed E-state index contributed by atoms with van der Waals surface area (Å²) in [6, 6.07) is 0. The zero-order valence-electron chi connectivity index (χ0n) is 16.7. The van der Waals surface area contributed by atoms with Crippen molar-refractivity contribution in [2.75, 3.05) is 5.32 Å². The Morgan fingerprint density at radius 1 is 1.38 bits per heavy atom. The van der Waals surface area contributed by atoms with Crippen LogP contribution in [0.15, 0.2) is 72.2 Å². The van der Waals surface area contributed by atoms with Gasteiger partial charge in [0.05, 0.1) is 0 Å². The third-order valence-corrected chi connectivity index (χ3v) is 5.50. The summed E-state index contributed by atoms with van der Waals surface area (Å²) in [5, 5.41) is 6.30. The van der Waals surface area contributed by atoms with Crippen LogP contribution in [-0.4, -0.2) is 21.2 Å². The zero-order chi connectivity index (χ0) is 23.3. The van der Waals surface area contributed by atoms with E-state index in [2.05, 4.69) is 22.2 Å². The second-order valence-corrected chi connectivity index (χ2v) is 7.68. The summed E-state index contributed by atoms with van der Waals surface area (Å²) < 4.78 is 39.8. The van der Waals surface area contributed by atoms with Gasteiger partial charge >= 0.3 is 6.18 Å². The number of imidazole rings is 1. The normalized spacial score (nSPS) is 16.9. The SMILES string of the molecule is C=C/C=C(\C=C/N)C(=O)NC1=CCC(CC(=O)Nc2ncn3c(C(F)(F)F)csc23)C=C1. The average molecular weight is 463 g/mol. The van der Waals surface area contributed by atoms with E-state index in [1.165, 1.54) is 24.4 Å². The Balaban J connectivity index is 1.56. The molecule has 0 radical (unpaired) electrons. The highest BCUT2D eigenvalue weighted by Gasteiger charge is 2.35. The molecule has 0 saturated heterocycles. The third-order valence-electron chi connectivity index (χ3n) is 4.54. The van der Waals surface area contributed by atoms with Gasteiger partial charge < -0.3 is 16.4 Å². The van der Waals surface area contributed by atoms with Gasteiger partial charge in [-0.1, -0.05) is 24.8 Å². The Labute approximate surface area is 185 Å². The maximum absolute atomic E-state index is 13.0. The minimum absolute atomic E-state index is 0.0910. The molecule has 0 aliphatic heterocycles. The molecule has 0 spiro atoms. The first kappa shape index (κ1) is 23.1. The van der Waals surface area contributed by atoms with Gasteiger partial charge in [-0.2, -0.15) is 13.2 Å². The number of aromatic nitrogens is 2. The van der Waals surface area contributed by atoms with Gasteiger partial charge in [0.15, 0.2) is 5.82 Å². The molecule has 1 atom stereocenters. The van der Waals surface area contributed by atoms with E-state index < -0.39 is 11.9 Å². The minimum Gasteiger partial charge on any atom is -0.405 e. The Morgan fingerprint density at radius 3 is 2.78 bits per heavy atom. The van der Waals surface area contributed by atoms with Gasteiger partial charge in [0, 0.05) is 23.1 Å². The van der Waals surface area contributed by atoms with Crippen molar-refractivity contribution in [2.45, 2.75) is 19.0 Å². The van der Waals surface area contributed by atoms with Crippen LogP contribution in [0.25, 0.3) is 4.83 Å². The number of fused-ring (bicyclic) bond motifs is 1. The van der Waals surface area contributed by atoms with Crippen molar-refractivity contribution >= 4 is 33.8 Å². The average Bonchev–Trinajstić information content (AvgIpc) is 3.32. The van der Waals surface area contributed by atoms with Crippen LogP contribution in [-0.2, 0) is 15.8 Å². The lowest BCUT2D eigenvalue weighted by Crippen LogP contribution is -2.25. The molecule has 32 heavy (non-hydrogen) atoms. The molecule has 7 nitrogen and oxygen atoms in total. The molecule has 2 aromatic rings. The van der Waals surface area contributed by atoms with Gasteiger partial charge in [-0.15, -0.1) is 11.3 Å². The highest BCUT2D eigenvalue weighted by molar-refractivity contribution is 7.16. The number of halogens is 3. The summed E-state index contributed by atoms with van der Waals surface area (Å²) in [6.07, 6.45) is 8.13. The fraction of sp³-hybridized carbons (Fsp3) is 0.190. The second-order valence-electron chi connectivity index (χ2n) is 6.82. The van der Waals surface area contributed by atoms with Gasteiger partial charge in [0.2, 0.25) is 5.91 Å². The molecule has 0 bridgehead atoms. The van der Waals surface area contributed by atoms with E-state index >= 15 is 0 Å². The van der Waals surface area contributed by atoms with Gasteiger partial charge in [-0.25, -0.2) is 4.98 Å². The molecule has 2 amide bonds. The van der Waals surface area contributed by atoms with Crippen molar-refractivity contribution in [2.24, 2.45) is 11.7 Å². The molecule has 2 heterocycles. The van der Waals surface area contributed by atoms with E-state index in [1.807, 2.05) is 0 Å². The van der Waals surface area contributed by atoms with Crippen LogP contribution in [0.2, 0.25) is 0 Å². The number of alkyl halides is 3. The van der Waals surface area contributed by atoms with E-state index in [9.17, 15) is 22.8 Å². The summed E-state index contributed by atoms with van der Waals surface area (Å²) in [4.78, 5) is 28.7. The Hall–Kier alpha value is -3.60. The Morgan fingerprint density at radius 2 is 2.16 bits per heavy atom. The van der Waals surface area contributed by atoms with Crippen molar-refractivity contribution < 1.29 is 22.8 Å². The van der Waals surface area contributed by atoms with Crippen LogP contribution in [0.1, 0.15) is 18.5 Å². The van der Waals surface area contributed by atoms with Crippen LogP contribution in [0.3, 0.4) is 0 Å². The predicted octanol–water partition coefficient (Wildman–Crippen LogP) is 3.90. The summed E-state index contributed by atoms with van der Waals surface area (Å²) in [5.74, 6) is -0.757. The van der Waals surface area contributed by atoms with E-state index in [0.717, 1.165) is 27.4 Å². The molecule has 0 fully saturated rings. The van der Waals surface area contributed by atoms with E-state index in [-0.39, 0.29) is 34.8 Å². The van der Waals surface area contributed by atoms with Crippen molar-refractivity contribution in [3.8, 4) is 0 Å². The number of nitrogens with zero attached hydrogens (tertiary/aromatic N) is 2. The molecule has 1 aliphatic carbocycles. The van der Waals surface area contributed by atoms with E-state index in [1.54, 1.807) is 18.2 Å². The summed E-state index contributed by atoms with van der Waals surface area (Å²) in [6.45, 7) is 3.55. The van der Waals surface area contributed by atoms with Crippen LogP contribution >= 0.6 is 11.3 Å². The second kappa shape index (κ2) is 9.69. The lowest BCUT2D eigenvalue weighted by atomic mass is 9.95.